The molecule has 0 aromatic carbocycles. The van der Waals surface area contributed by atoms with E-state index in [-0.39, 0.29) is 30.2 Å². The highest BCUT2D eigenvalue weighted by Gasteiger charge is 2.38. The van der Waals surface area contributed by atoms with E-state index in [2.05, 4.69) is 20.9 Å². The Hall–Kier alpha value is -2.95. The molecule has 0 spiro atoms. The van der Waals surface area contributed by atoms with Crippen LogP contribution in [0.15, 0.2) is 16.6 Å². The monoisotopic (exact) mass is 552 g/mol. The van der Waals surface area contributed by atoms with E-state index in [0.29, 0.717) is 18.4 Å². The van der Waals surface area contributed by atoms with E-state index in [9.17, 15) is 19.2 Å². The van der Waals surface area contributed by atoms with E-state index < -0.39 is 41.6 Å². The summed E-state index contributed by atoms with van der Waals surface area (Å²) in [5.74, 6) is -0.583. The molecular weight excluding hydrogens is 504 g/mol. The number of ketones is 1. The van der Waals surface area contributed by atoms with Crippen LogP contribution in [0.5, 0.6) is 0 Å². The lowest BCUT2D eigenvalue weighted by Gasteiger charge is -2.37. The number of rotatable bonds is 9. The Morgan fingerprint density at radius 3 is 1.87 bits per heavy atom. The number of nitrogens with one attached hydrogen (secondary N) is 3. The van der Waals surface area contributed by atoms with Gasteiger partial charge in [-0.1, -0.05) is 20.8 Å². The number of guanidine groups is 1. The van der Waals surface area contributed by atoms with Crippen LogP contribution in [0.3, 0.4) is 0 Å². The second-order valence-electron chi connectivity index (χ2n) is 11.6. The number of hydrogen-bond donors (Lipinski definition) is 3. The van der Waals surface area contributed by atoms with Gasteiger partial charge in [-0.15, -0.1) is 0 Å². The van der Waals surface area contributed by atoms with Gasteiger partial charge in [-0.25, -0.2) is 14.6 Å². The van der Waals surface area contributed by atoms with Gasteiger partial charge in [0.15, 0.2) is 5.78 Å². The van der Waals surface area contributed by atoms with E-state index >= 15 is 0 Å². The predicted octanol–water partition coefficient (Wildman–Crippen LogP) is 4.54. The van der Waals surface area contributed by atoms with Crippen molar-refractivity contribution in [1.29, 1.82) is 0 Å². The fourth-order valence-electron chi connectivity index (χ4n) is 3.96. The molecule has 0 heterocycles. The zero-order chi connectivity index (χ0) is 30.0. The quantitative estimate of drug-likeness (QED) is 0.281. The summed E-state index contributed by atoms with van der Waals surface area (Å²) in [4.78, 5) is 55.0. The van der Waals surface area contributed by atoms with E-state index in [4.69, 9.17) is 14.2 Å². The summed E-state index contributed by atoms with van der Waals surface area (Å²) in [5.41, 5.74) is -1.08. The molecule has 11 nitrogen and oxygen atoms in total. The van der Waals surface area contributed by atoms with Crippen molar-refractivity contribution in [2.45, 2.75) is 137 Å². The van der Waals surface area contributed by atoms with Crippen LogP contribution in [-0.2, 0) is 23.8 Å². The van der Waals surface area contributed by atoms with Crippen molar-refractivity contribution in [2.75, 3.05) is 0 Å². The predicted molar refractivity (Wildman–Crippen MR) is 149 cm³/mol. The largest absolute Gasteiger partial charge is 0.444 e. The molecule has 3 amide bonds. The Balaban J connectivity index is 3.56. The molecule has 0 saturated heterocycles. The zero-order valence-corrected chi connectivity index (χ0v) is 25.2. The molecule has 222 valence electrons. The van der Waals surface area contributed by atoms with Crippen molar-refractivity contribution >= 4 is 29.8 Å². The normalized spacial score (nSPS) is 19.5. The van der Waals surface area contributed by atoms with Crippen LogP contribution in [0, 0.1) is 0 Å². The van der Waals surface area contributed by atoms with E-state index in [1.165, 1.54) is 6.92 Å². The number of amides is 3. The standard InChI is InChI=1S/C28H48N4O7/c1-11-14-21(34)18-15-20(23(29-17(4)33)22(16-18)37-19(12-2)13-3)30-24(31-25(35)38-27(5,6)7)32-26(36)39-28(8,9)10/h16,19-20,22-23H,11-15H2,1-10H3,(H,29,33)(H2,30,31,32,35,36)/t20-,22+,23+/m0/s1. The number of carbonyl (C=O) groups excluding carboxylic acids is 4. The Morgan fingerprint density at radius 2 is 1.46 bits per heavy atom. The van der Waals surface area contributed by atoms with Gasteiger partial charge in [0.1, 0.15) is 11.2 Å². The number of Topliss-reactive ketones (excluding diaryl/α,β-unsaturated/α-hetero) is 1. The van der Waals surface area contributed by atoms with Crippen LogP contribution >= 0.6 is 0 Å². The first-order chi connectivity index (χ1) is 18.0. The van der Waals surface area contributed by atoms with Crippen LogP contribution in [0.4, 0.5) is 9.59 Å². The van der Waals surface area contributed by atoms with Gasteiger partial charge in [-0.3, -0.25) is 20.2 Å². The lowest BCUT2D eigenvalue weighted by Crippen LogP contribution is -2.55. The highest BCUT2D eigenvalue weighted by atomic mass is 16.6. The highest BCUT2D eigenvalue weighted by molar-refractivity contribution is 6.01. The summed E-state index contributed by atoms with van der Waals surface area (Å²) in [7, 11) is 0. The summed E-state index contributed by atoms with van der Waals surface area (Å²) in [6.07, 6.45) is 2.00. The molecule has 1 aliphatic rings. The van der Waals surface area contributed by atoms with Crippen LogP contribution in [0.2, 0.25) is 0 Å². The maximum absolute atomic E-state index is 13.0. The molecular formula is C28H48N4O7. The van der Waals surface area contributed by atoms with Crippen molar-refractivity contribution in [3.05, 3.63) is 11.6 Å². The molecule has 0 unspecified atom stereocenters. The summed E-state index contributed by atoms with van der Waals surface area (Å²) in [6, 6.07) is -1.42. The molecule has 0 aromatic heterocycles. The fourth-order valence-corrected chi connectivity index (χ4v) is 3.96. The lowest BCUT2D eigenvalue weighted by atomic mass is 9.85. The fraction of sp³-hybridized carbons (Fsp3) is 0.750. The Labute approximate surface area is 232 Å². The summed E-state index contributed by atoms with van der Waals surface area (Å²) in [6.45, 7) is 17.5. The first-order valence-corrected chi connectivity index (χ1v) is 13.7. The Bertz CT molecular complexity index is 895. The average Bonchev–Trinajstić information content (AvgIpc) is 2.76. The van der Waals surface area contributed by atoms with Crippen molar-refractivity contribution in [1.82, 2.24) is 16.0 Å². The van der Waals surface area contributed by atoms with Gasteiger partial charge in [-0.2, -0.15) is 0 Å². The van der Waals surface area contributed by atoms with E-state index in [1.54, 1.807) is 47.6 Å². The van der Waals surface area contributed by atoms with Gasteiger partial charge in [0, 0.05) is 19.8 Å². The highest BCUT2D eigenvalue weighted by Crippen LogP contribution is 2.28. The number of nitrogens with zero attached hydrogens (tertiary/aromatic N) is 1. The van der Waals surface area contributed by atoms with Crippen molar-refractivity contribution in [2.24, 2.45) is 4.99 Å². The first-order valence-electron chi connectivity index (χ1n) is 13.7. The maximum Gasteiger partial charge on any atom is 0.414 e. The smallest absolute Gasteiger partial charge is 0.414 e. The molecule has 0 aliphatic heterocycles. The van der Waals surface area contributed by atoms with Crippen molar-refractivity contribution < 1.29 is 33.4 Å². The molecule has 0 saturated carbocycles. The average molecular weight is 553 g/mol. The van der Waals surface area contributed by atoms with Gasteiger partial charge < -0.3 is 19.5 Å². The zero-order valence-electron chi connectivity index (χ0n) is 25.2. The third-order valence-electron chi connectivity index (χ3n) is 5.56. The topological polar surface area (TPSA) is 144 Å². The molecule has 3 atom stereocenters. The molecule has 1 rings (SSSR count). The summed E-state index contributed by atoms with van der Waals surface area (Å²) >= 11 is 0. The minimum absolute atomic E-state index is 0.0427. The van der Waals surface area contributed by atoms with E-state index in [0.717, 1.165) is 12.8 Å². The molecule has 11 heteroatoms. The molecule has 0 fully saturated rings. The lowest BCUT2D eigenvalue weighted by molar-refractivity contribution is -0.121. The second kappa shape index (κ2) is 15.0. The van der Waals surface area contributed by atoms with Crippen molar-refractivity contribution in [3.8, 4) is 0 Å². The second-order valence-corrected chi connectivity index (χ2v) is 11.6. The van der Waals surface area contributed by atoms with Gasteiger partial charge in [0.2, 0.25) is 11.9 Å². The molecule has 0 bridgehead atoms. The van der Waals surface area contributed by atoms with Gasteiger partial charge >= 0.3 is 12.2 Å². The minimum atomic E-state index is -0.841. The Kier molecular flexibility index (Phi) is 13.1. The van der Waals surface area contributed by atoms with Crippen LogP contribution in [0.25, 0.3) is 0 Å². The van der Waals surface area contributed by atoms with Crippen LogP contribution < -0.4 is 16.0 Å². The minimum Gasteiger partial charge on any atom is -0.444 e. The molecule has 39 heavy (non-hydrogen) atoms. The molecule has 1 aliphatic carbocycles. The molecule has 3 N–H and O–H groups in total. The third-order valence-corrected chi connectivity index (χ3v) is 5.56. The third kappa shape index (κ3) is 13.1. The maximum atomic E-state index is 13.0. The van der Waals surface area contributed by atoms with Gasteiger partial charge in [0.05, 0.1) is 24.3 Å². The number of aliphatic imine (C=N–C) groups is 1. The van der Waals surface area contributed by atoms with Crippen molar-refractivity contribution in [3.63, 3.8) is 0 Å². The van der Waals surface area contributed by atoms with Crippen LogP contribution in [0.1, 0.15) is 101 Å². The van der Waals surface area contributed by atoms with Gasteiger partial charge in [0.25, 0.3) is 0 Å². The molecule has 0 aromatic rings. The number of carbonyl (C=O) groups is 4. The number of hydrogen-bond acceptors (Lipinski definition) is 8. The number of ether oxygens (including phenoxy) is 3. The van der Waals surface area contributed by atoms with Gasteiger partial charge in [-0.05, 0) is 72.5 Å². The Morgan fingerprint density at radius 1 is 0.949 bits per heavy atom. The summed E-state index contributed by atoms with van der Waals surface area (Å²) < 4.78 is 17.0. The van der Waals surface area contributed by atoms with Crippen LogP contribution in [-0.4, -0.2) is 65.3 Å². The first kappa shape index (κ1) is 34.1. The van der Waals surface area contributed by atoms with E-state index in [1.807, 2.05) is 20.8 Å². The number of alkyl carbamates (subject to hydrolysis) is 2. The SMILES string of the molecule is CCCC(=O)C1=C[C@@H](OC(CC)CC)[C@H](NC(C)=O)[C@@H](N=C(NC(=O)OC(C)(C)C)NC(=O)OC(C)(C)C)C1. The molecule has 0 radical (unpaired) electrons. The summed E-state index contributed by atoms with van der Waals surface area (Å²) in [5, 5.41) is 7.86.